The lowest BCUT2D eigenvalue weighted by molar-refractivity contribution is 0.0791. The van der Waals surface area contributed by atoms with Crippen molar-refractivity contribution >= 4 is 0 Å². The maximum Gasteiger partial charge on any atom is 0.0246 e. The second-order valence-electron chi connectivity index (χ2n) is 5.71. The predicted octanol–water partition coefficient (Wildman–Crippen LogP) is 2.74. The van der Waals surface area contributed by atoms with Crippen molar-refractivity contribution in [1.29, 1.82) is 0 Å². The molecule has 1 fully saturated rings. The number of piperazine rings is 1. The fourth-order valence-electron chi connectivity index (χ4n) is 2.68. The minimum absolute atomic E-state index is 0.687. The lowest BCUT2D eigenvalue weighted by Gasteiger charge is -2.44. The average Bonchev–Trinajstić information content (AvgIpc) is 2.28. The monoisotopic (exact) mass is 226 g/mol. The highest BCUT2D eigenvalue weighted by molar-refractivity contribution is 4.89. The van der Waals surface area contributed by atoms with E-state index in [2.05, 4.69) is 44.8 Å². The van der Waals surface area contributed by atoms with Gasteiger partial charge in [0.25, 0.3) is 0 Å². The van der Waals surface area contributed by atoms with Crippen molar-refractivity contribution in [1.82, 2.24) is 10.2 Å². The molecule has 16 heavy (non-hydrogen) atoms. The number of hydrogen-bond donors (Lipinski definition) is 1. The summed E-state index contributed by atoms with van der Waals surface area (Å²) in [5, 5.41) is 3.73. The molecule has 0 radical (unpaired) electrons. The van der Waals surface area contributed by atoms with Gasteiger partial charge < -0.3 is 5.32 Å². The van der Waals surface area contributed by atoms with Gasteiger partial charge in [0.15, 0.2) is 0 Å². The van der Waals surface area contributed by atoms with Crippen molar-refractivity contribution < 1.29 is 0 Å². The van der Waals surface area contributed by atoms with Crippen LogP contribution in [0.15, 0.2) is 0 Å². The molecule has 3 atom stereocenters. The van der Waals surface area contributed by atoms with Crippen molar-refractivity contribution in [2.75, 3.05) is 19.6 Å². The molecule has 2 heteroatoms. The van der Waals surface area contributed by atoms with Gasteiger partial charge in [-0.15, -0.1) is 0 Å². The van der Waals surface area contributed by atoms with Crippen LogP contribution in [0.5, 0.6) is 0 Å². The Kier molecular flexibility index (Phi) is 5.77. The van der Waals surface area contributed by atoms with Crippen LogP contribution in [-0.2, 0) is 0 Å². The van der Waals surface area contributed by atoms with Crippen molar-refractivity contribution in [3.8, 4) is 0 Å². The van der Waals surface area contributed by atoms with Gasteiger partial charge in [-0.2, -0.15) is 0 Å². The first-order valence-corrected chi connectivity index (χ1v) is 7.07. The maximum absolute atomic E-state index is 3.73. The second kappa shape index (κ2) is 6.61. The van der Waals surface area contributed by atoms with Gasteiger partial charge in [0, 0.05) is 25.2 Å². The highest BCUT2D eigenvalue weighted by atomic mass is 15.2. The van der Waals surface area contributed by atoms with Gasteiger partial charge in [-0.05, 0) is 24.8 Å². The van der Waals surface area contributed by atoms with E-state index in [1.165, 1.54) is 32.5 Å². The molecular weight excluding hydrogens is 196 g/mol. The summed E-state index contributed by atoms with van der Waals surface area (Å²) in [7, 11) is 0. The Bertz CT molecular complexity index is 191. The lowest BCUT2D eigenvalue weighted by atomic mass is 9.92. The van der Waals surface area contributed by atoms with Crippen molar-refractivity contribution in [2.24, 2.45) is 11.8 Å². The van der Waals surface area contributed by atoms with Crippen molar-refractivity contribution in [2.45, 2.75) is 59.5 Å². The third-order valence-electron chi connectivity index (χ3n) is 4.11. The zero-order valence-electron chi connectivity index (χ0n) is 11.8. The first-order valence-electron chi connectivity index (χ1n) is 7.07. The predicted molar refractivity (Wildman–Crippen MR) is 71.7 cm³/mol. The van der Waals surface area contributed by atoms with Gasteiger partial charge in [0.1, 0.15) is 0 Å². The van der Waals surface area contributed by atoms with E-state index in [-0.39, 0.29) is 0 Å². The Morgan fingerprint density at radius 3 is 2.44 bits per heavy atom. The molecule has 3 unspecified atom stereocenters. The highest BCUT2D eigenvalue weighted by Crippen LogP contribution is 2.20. The van der Waals surface area contributed by atoms with E-state index >= 15 is 0 Å². The molecule has 1 saturated heterocycles. The fourth-order valence-corrected chi connectivity index (χ4v) is 2.68. The van der Waals surface area contributed by atoms with E-state index < -0.39 is 0 Å². The number of nitrogens with one attached hydrogen (secondary N) is 1. The van der Waals surface area contributed by atoms with Crippen molar-refractivity contribution in [3.05, 3.63) is 0 Å². The molecule has 0 aromatic rings. The van der Waals surface area contributed by atoms with E-state index in [4.69, 9.17) is 0 Å². The summed E-state index contributed by atoms with van der Waals surface area (Å²) in [5.74, 6) is 1.56. The van der Waals surface area contributed by atoms with E-state index in [0.717, 1.165) is 17.9 Å². The van der Waals surface area contributed by atoms with E-state index in [1.807, 2.05) is 0 Å². The summed E-state index contributed by atoms with van der Waals surface area (Å²) in [6.07, 6.45) is 2.57. The summed E-state index contributed by atoms with van der Waals surface area (Å²) in [6, 6.07) is 1.44. The molecule has 0 aromatic heterocycles. The smallest absolute Gasteiger partial charge is 0.0246 e. The van der Waals surface area contributed by atoms with Gasteiger partial charge in [-0.1, -0.05) is 41.0 Å². The van der Waals surface area contributed by atoms with Crippen LogP contribution in [0.25, 0.3) is 0 Å². The zero-order chi connectivity index (χ0) is 12.1. The minimum Gasteiger partial charge on any atom is -0.311 e. The van der Waals surface area contributed by atoms with Gasteiger partial charge in [-0.25, -0.2) is 0 Å². The number of nitrogens with zero attached hydrogens (tertiary/aromatic N) is 1. The van der Waals surface area contributed by atoms with Gasteiger partial charge in [0.05, 0.1) is 0 Å². The van der Waals surface area contributed by atoms with E-state index in [9.17, 15) is 0 Å². The van der Waals surface area contributed by atoms with Crippen LogP contribution in [0.4, 0.5) is 0 Å². The van der Waals surface area contributed by atoms with Gasteiger partial charge in [-0.3, -0.25) is 4.90 Å². The van der Waals surface area contributed by atoms with Gasteiger partial charge >= 0.3 is 0 Å². The summed E-state index contributed by atoms with van der Waals surface area (Å²) >= 11 is 0. The molecular formula is C14H30N2. The van der Waals surface area contributed by atoms with Crippen LogP contribution < -0.4 is 5.32 Å². The quantitative estimate of drug-likeness (QED) is 0.775. The highest BCUT2D eigenvalue weighted by Gasteiger charge is 2.31. The standard InChI is InChI=1S/C14H30N2/c1-6-8-16-10-13(11(3)4)15-9-14(16)12(5)7-2/h11-15H,6-10H2,1-5H3. The summed E-state index contributed by atoms with van der Waals surface area (Å²) in [6.45, 7) is 15.3. The van der Waals surface area contributed by atoms with Crippen LogP contribution >= 0.6 is 0 Å². The largest absolute Gasteiger partial charge is 0.311 e. The Hall–Kier alpha value is -0.0800. The summed E-state index contributed by atoms with van der Waals surface area (Å²) < 4.78 is 0. The molecule has 1 rings (SSSR count). The van der Waals surface area contributed by atoms with Crippen LogP contribution in [-0.4, -0.2) is 36.6 Å². The van der Waals surface area contributed by atoms with Crippen molar-refractivity contribution in [3.63, 3.8) is 0 Å². The number of hydrogen-bond acceptors (Lipinski definition) is 2. The molecule has 96 valence electrons. The molecule has 1 aliphatic heterocycles. The maximum atomic E-state index is 3.73. The molecule has 0 amide bonds. The Morgan fingerprint density at radius 2 is 1.94 bits per heavy atom. The Balaban J connectivity index is 2.59. The molecule has 2 nitrogen and oxygen atoms in total. The Morgan fingerprint density at radius 1 is 1.25 bits per heavy atom. The number of rotatable bonds is 5. The fraction of sp³-hybridized carbons (Fsp3) is 1.00. The SMILES string of the molecule is CCCN1CC(C(C)C)NCC1C(C)CC. The van der Waals surface area contributed by atoms with Crippen LogP contribution in [0, 0.1) is 11.8 Å². The third kappa shape index (κ3) is 3.46. The average molecular weight is 226 g/mol. The first-order chi connectivity index (χ1) is 7.60. The molecule has 1 aliphatic rings. The first kappa shape index (κ1) is 14.0. The van der Waals surface area contributed by atoms with Gasteiger partial charge in [0.2, 0.25) is 0 Å². The molecule has 0 spiro atoms. The van der Waals surface area contributed by atoms with E-state index in [1.54, 1.807) is 0 Å². The van der Waals surface area contributed by atoms with Crippen LogP contribution in [0.3, 0.4) is 0 Å². The zero-order valence-corrected chi connectivity index (χ0v) is 11.8. The topological polar surface area (TPSA) is 15.3 Å². The van der Waals surface area contributed by atoms with Crippen LogP contribution in [0.2, 0.25) is 0 Å². The third-order valence-corrected chi connectivity index (χ3v) is 4.11. The Labute approximate surface area is 102 Å². The molecule has 1 heterocycles. The second-order valence-corrected chi connectivity index (χ2v) is 5.71. The van der Waals surface area contributed by atoms with E-state index in [0.29, 0.717) is 6.04 Å². The molecule has 0 aromatic carbocycles. The minimum atomic E-state index is 0.687. The normalized spacial score (nSPS) is 29.6. The van der Waals surface area contributed by atoms with Crippen LogP contribution in [0.1, 0.15) is 47.5 Å². The summed E-state index contributed by atoms with van der Waals surface area (Å²) in [4.78, 5) is 2.72. The molecule has 1 N–H and O–H groups in total. The summed E-state index contributed by atoms with van der Waals surface area (Å²) in [5.41, 5.74) is 0. The molecule has 0 saturated carbocycles. The molecule has 0 aliphatic carbocycles. The molecule has 0 bridgehead atoms. The lowest BCUT2D eigenvalue weighted by Crippen LogP contribution is -2.59.